The van der Waals surface area contributed by atoms with Gasteiger partial charge < -0.3 is 29.9 Å². The monoisotopic (exact) mass is 628 g/mol. The average molecular weight is 629 g/mol. The summed E-state index contributed by atoms with van der Waals surface area (Å²) in [6.07, 6.45) is 10.5. The van der Waals surface area contributed by atoms with E-state index in [0.717, 1.165) is 16.7 Å². The number of Topliss-reactive ketones (excluding diaryl/α,β-unsaturated/α-hetero) is 1. The number of esters is 2. The molecular formula is C36H52O9. The smallest absolute Gasteiger partial charge is 0.307 e. The lowest BCUT2D eigenvalue weighted by atomic mass is 9.71. The Hall–Kier alpha value is -3.37. The van der Waals surface area contributed by atoms with Crippen LogP contribution in [0.2, 0.25) is 0 Å². The van der Waals surface area contributed by atoms with Gasteiger partial charge >= 0.3 is 11.9 Å². The molecule has 1 aliphatic carbocycles. The van der Waals surface area contributed by atoms with Crippen LogP contribution in [0.25, 0.3) is 0 Å². The van der Waals surface area contributed by atoms with E-state index in [1.807, 2.05) is 96.2 Å². The van der Waals surface area contributed by atoms with E-state index < -0.39 is 54.5 Å². The summed E-state index contributed by atoms with van der Waals surface area (Å²) in [5.41, 5.74) is 4.25. The van der Waals surface area contributed by atoms with E-state index in [9.17, 15) is 34.8 Å². The second-order valence-electron chi connectivity index (χ2n) is 12.3. The molecule has 0 heterocycles. The van der Waals surface area contributed by atoms with Gasteiger partial charge in [-0.2, -0.15) is 0 Å². The summed E-state index contributed by atoms with van der Waals surface area (Å²) in [6, 6.07) is 0. The SMILES string of the molecule is CCC(O)C(O)C(O)C(O)COC(=O)CCC(=O)OC1CC(C)(C)C(/C=C/C(C)=C/C=C/C(C)=C/C=C/C=C(C)C)=C(C)C1=O. The predicted molar refractivity (Wildman–Crippen MR) is 175 cm³/mol. The Morgan fingerprint density at radius 1 is 0.867 bits per heavy atom. The third kappa shape index (κ3) is 14.1. The minimum atomic E-state index is -1.72. The molecule has 0 aromatic heterocycles. The largest absolute Gasteiger partial charge is 0.463 e. The van der Waals surface area contributed by atoms with Crippen LogP contribution in [-0.2, 0) is 23.9 Å². The maximum absolute atomic E-state index is 13.1. The highest BCUT2D eigenvalue weighted by Crippen LogP contribution is 2.40. The van der Waals surface area contributed by atoms with Crippen LogP contribution in [0.4, 0.5) is 0 Å². The number of carbonyl (C=O) groups excluding carboxylic acids is 3. The number of aliphatic hydroxyl groups excluding tert-OH is 4. The normalized spacial score (nSPS) is 20.4. The third-order valence-corrected chi connectivity index (χ3v) is 7.40. The van der Waals surface area contributed by atoms with Crippen molar-refractivity contribution in [2.24, 2.45) is 5.41 Å². The van der Waals surface area contributed by atoms with Gasteiger partial charge in [-0.3, -0.25) is 14.4 Å². The first-order valence-electron chi connectivity index (χ1n) is 15.3. The maximum atomic E-state index is 13.1. The first-order chi connectivity index (χ1) is 21.0. The highest BCUT2D eigenvalue weighted by Gasteiger charge is 2.40. The Balaban J connectivity index is 2.73. The van der Waals surface area contributed by atoms with Crippen LogP contribution < -0.4 is 0 Å². The van der Waals surface area contributed by atoms with E-state index in [1.54, 1.807) is 13.8 Å². The average Bonchev–Trinajstić information content (AvgIpc) is 2.97. The molecule has 9 nitrogen and oxygen atoms in total. The van der Waals surface area contributed by atoms with E-state index in [2.05, 4.69) is 0 Å². The summed E-state index contributed by atoms with van der Waals surface area (Å²) in [7, 11) is 0. The molecule has 0 aliphatic heterocycles. The predicted octanol–water partition coefficient (Wildman–Crippen LogP) is 4.92. The zero-order valence-electron chi connectivity index (χ0n) is 27.9. The Kier molecular flexibility index (Phi) is 16.9. The van der Waals surface area contributed by atoms with Gasteiger partial charge in [0, 0.05) is 6.42 Å². The van der Waals surface area contributed by atoms with Crippen LogP contribution in [0.5, 0.6) is 0 Å². The molecule has 0 aromatic carbocycles. The second kappa shape index (κ2) is 19.2. The van der Waals surface area contributed by atoms with E-state index in [-0.39, 0.29) is 31.5 Å². The molecule has 0 fully saturated rings. The van der Waals surface area contributed by atoms with E-state index in [1.165, 1.54) is 5.57 Å². The van der Waals surface area contributed by atoms with Gasteiger partial charge in [-0.05, 0) is 57.6 Å². The van der Waals surface area contributed by atoms with E-state index in [4.69, 9.17) is 9.47 Å². The molecule has 0 saturated heterocycles. The van der Waals surface area contributed by atoms with Gasteiger partial charge in [-0.1, -0.05) is 92.2 Å². The Morgan fingerprint density at radius 3 is 2.04 bits per heavy atom. The molecule has 0 radical (unpaired) electrons. The van der Waals surface area contributed by atoms with Crippen molar-refractivity contribution in [2.75, 3.05) is 6.61 Å². The summed E-state index contributed by atoms with van der Waals surface area (Å²) >= 11 is 0. The highest BCUT2D eigenvalue weighted by molar-refractivity contribution is 6.01. The number of hydrogen-bond donors (Lipinski definition) is 4. The number of ketones is 1. The quantitative estimate of drug-likeness (QED) is 0.138. The van der Waals surface area contributed by atoms with Gasteiger partial charge in [0.25, 0.3) is 0 Å². The molecular weight excluding hydrogens is 576 g/mol. The molecule has 0 amide bonds. The zero-order valence-corrected chi connectivity index (χ0v) is 27.9. The van der Waals surface area contributed by atoms with Gasteiger partial charge in [0.2, 0.25) is 0 Å². The van der Waals surface area contributed by atoms with Crippen LogP contribution in [0.15, 0.2) is 82.5 Å². The summed E-state index contributed by atoms with van der Waals surface area (Å²) in [6.45, 7) is 14.7. The standard InChI is InChI=1S/C36H52O9/c1-9-28(37)34(42)35(43)29(38)22-44-31(39)19-20-32(40)45-30-21-36(7,8)27(26(6)33(30)41)18-17-25(5)16-12-15-24(4)14-11-10-13-23(2)3/h10-18,28-30,34-35,37-38,42-43H,9,19-22H2,1-8H3/b11-10+,15-12+,18-17+,24-14+,25-16+. The maximum Gasteiger partial charge on any atom is 0.307 e. The topological polar surface area (TPSA) is 151 Å². The number of aliphatic hydroxyl groups is 4. The lowest BCUT2D eigenvalue weighted by molar-refractivity contribution is -0.161. The molecule has 4 N–H and O–H groups in total. The molecule has 45 heavy (non-hydrogen) atoms. The van der Waals surface area contributed by atoms with Crippen molar-refractivity contribution >= 4 is 17.7 Å². The molecule has 5 unspecified atom stereocenters. The Labute approximate surface area is 268 Å². The van der Waals surface area contributed by atoms with Gasteiger partial charge in [0.1, 0.15) is 24.9 Å². The number of ether oxygens (including phenoxy) is 2. The summed E-state index contributed by atoms with van der Waals surface area (Å²) in [4.78, 5) is 37.6. The van der Waals surface area contributed by atoms with E-state index in [0.29, 0.717) is 5.57 Å². The van der Waals surface area contributed by atoms with Crippen molar-refractivity contribution in [1.82, 2.24) is 0 Å². The van der Waals surface area contributed by atoms with Crippen molar-refractivity contribution in [3.8, 4) is 0 Å². The first-order valence-corrected chi connectivity index (χ1v) is 15.3. The lowest BCUT2D eigenvalue weighted by Crippen LogP contribution is -2.46. The van der Waals surface area contributed by atoms with Crippen molar-refractivity contribution in [3.05, 3.63) is 82.5 Å². The van der Waals surface area contributed by atoms with Crippen molar-refractivity contribution < 1.29 is 44.3 Å². The van der Waals surface area contributed by atoms with Gasteiger partial charge in [0.05, 0.1) is 18.9 Å². The number of rotatable bonds is 16. The Bertz CT molecular complexity index is 1240. The van der Waals surface area contributed by atoms with Crippen LogP contribution in [-0.4, -0.2) is 75.3 Å². The summed E-state index contributed by atoms with van der Waals surface area (Å²) < 4.78 is 10.3. The number of hydrogen-bond acceptors (Lipinski definition) is 9. The minimum absolute atomic E-state index is 0.157. The van der Waals surface area contributed by atoms with Gasteiger partial charge in [0.15, 0.2) is 11.9 Å². The lowest BCUT2D eigenvalue weighted by Gasteiger charge is -2.36. The molecule has 0 spiro atoms. The number of allylic oxidation sites excluding steroid dienone is 13. The molecule has 0 bridgehead atoms. The Morgan fingerprint density at radius 2 is 1.42 bits per heavy atom. The minimum Gasteiger partial charge on any atom is -0.463 e. The van der Waals surface area contributed by atoms with Crippen LogP contribution in [0.3, 0.4) is 0 Å². The first kappa shape index (κ1) is 39.7. The molecule has 1 aliphatic rings. The van der Waals surface area contributed by atoms with Crippen molar-refractivity contribution in [1.29, 1.82) is 0 Å². The fraction of sp³-hybridized carbons (Fsp3) is 0.528. The third-order valence-electron chi connectivity index (χ3n) is 7.40. The summed E-state index contributed by atoms with van der Waals surface area (Å²) in [5, 5.41) is 39.2. The number of carbonyl (C=O) groups is 3. The molecule has 9 heteroatoms. The van der Waals surface area contributed by atoms with Crippen LogP contribution >= 0.6 is 0 Å². The van der Waals surface area contributed by atoms with Crippen molar-refractivity contribution in [2.45, 2.75) is 112 Å². The molecule has 250 valence electrons. The molecule has 0 aromatic rings. The highest BCUT2D eigenvalue weighted by atomic mass is 16.6. The van der Waals surface area contributed by atoms with Crippen LogP contribution in [0.1, 0.15) is 81.1 Å². The van der Waals surface area contributed by atoms with Gasteiger partial charge in [-0.15, -0.1) is 0 Å². The zero-order chi connectivity index (χ0) is 34.3. The van der Waals surface area contributed by atoms with Crippen molar-refractivity contribution in [3.63, 3.8) is 0 Å². The fourth-order valence-corrected chi connectivity index (χ4v) is 4.59. The fourth-order valence-electron chi connectivity index (χ4n) is 4.59. The van der Waals surface area contributed by atoms with E-state index >= 15 is 0 Å². The second-order valence-corrected chi connectivity index (χ2v) is 12.3. The van der Waals surface area contributed by atoms with Gasteiger partial charge in [-0.25, -0.2) is 0 Å². The summed E-state index contributed by atoms with van der Waals surface area (Å²) in [5.74, 6) is -1.86. The molecule has 0 saturated carbocycles. The van der Waals surface area contributed by atoms with Crippen LogP contribution in [0, 0.1) is 5.41 Å². The molecule has 1 rings (SSSR count). The molecule has 5 atom stereocenters.